The zero-order valence-corrected chi connectivity index (χ0v) is 12.5. The highest BCUT2D eigenvalue weighted by molar-refractivity contribution is 7.13. The first-order valence-corrected chi connectivity index (χ1v) is 7.94. The minimum atomic E-state index is -0.222. The van der Waals surface area contributed by atoms with Crippen LogP contribution in [0.2, 0.25) is 0 Å². The zero-order valence-electron chi connectivity index (χ0n) is 10.9. The van der Waals surface area contributed by atoms with E-state index in [4.69, 9.17) is 11.6 Å². The first-order chi connectivity index (χ1) is 9.79. The number of alkyl halides is 1. The van der Waals surface area contributed by atoms with Crippen LogP contribution in [0.4, 0.5) is 15.2 Å². The van der Waals surface area contributed by atoms with Crippen LogP contribution in [0.25, 0.3) is 0 Å². The number of halogens is 2. The molecular formula is C14H15ClFN3S. The summed E-state index contributed by atoms with van der Waals surface area (Å²) in [5.74, 6) is -0.0193. The molecule has 1 aromatic carbocycles. The molecule has 2 aromatic rings. The number of nitrogens with zero attached hydrogens (tertiary/aromatic N) is 3. The highest BCUT2D eigenvalue weighted by Gasteiger charge is 2.21. The molecule has 20 heavy (non-hydrogen) atoms. The summed E-state index contributed by atoms with van der Waals surface area (Å²) in [6.07, 6.45) is 1.82. The molecule has 1 aliphatic heterocycles. The Hall–Kier alpha value is -1.33. The van der Waals surface area contributed by atoms with Crippen molar-refractivity contribution in [3.05, 3.63) is 41.2 Å². The van der Waals surface area contributed by atoms with Gasteiger partial charge < -0.3 is 9.80 Å². The molecule has 0 unspecified atom stereocenters. The fourth-order valence-electron chi connectivity index (χ4n) is 2.49. The van der Waals surface area contributed by atoms with E-state index in [-0.39, 0.29) is 11.7 Å². The summed E-state index contributed by atoms with van der Waals surface area (Å²) in [4.78, 5) is 8.79. The Morgan fingerprint density at radius 3 is 2.60 bits per heavy atom. The molecule has 1 aliphatic rings. The van der Waals surface area contributed by atoms with Crippen LogP contribution >= 0.6 is 22.9 Å². The van der Waals surface area contributed by atoms with E-state index in [0.29, 0.717) is 5.56 Å². The maximum Gasteiger partial charge on any atom is 0.185 e. The van der Waals surface area contributed by atoms with Gasteiger partial charge in [0.25, 0.3) is 0 Å². The Morgan fingerprint density at radius 2 is 1.95 bits per heavy atom. The molecule has 106 valence electrons. The van der Waals surface area contributed by atoms with Gasteiger partial charge in [-0.3, -0.25) is 0 Å². The molecule has 0 amide bonds. The summed E-state index contributed by atoms with van der Waals surface area (Å²) in [6, 6.07) is 5.15. The molecule has 0 spiro atoms. The van der Waals surface area contributed by atoms with Crippen LogP contribution in [0.1, 0.15) is 5.56 Å². The molecule has 3 rings (SSSR count). The minimum Gasteiger partial charge on any atom is -0.368 e. The van der Waals surface area contributed by atoms with Crippen molar-refractivity contribution in [3.63, 3.8) is 0 Å². The van der Waals surface area contributed by atoms with E-state index < -0.39 is 0 Å². The smallest absolute Gasteiger partial charge is 0.185 e. The summed E-state index contributed by atoms with van der Waals surface area (Å²) in [6.45, 7) is 3.50. The van der Waals surface area contributed by atoms with Gasteiger partial charge in [-0.1, -0.05) is 6.07 Å². The average molecular weight is 312 g/mol. The van der Waals surface area contributed by atoms with Gasteiger partial charge in [-0.05, 0) is 12.1 Å². The van der Waals surface area contributed by atoms with E-state index in [2.05, 4.69) is 14.8 Å². The maximum atomic E-state index is 13.8. The predicted molar refractivity (Wildman–Crippen MR) is 82.5 cm³/mol. The Balaban J connectivity index is 1.74. The van der Waals surface area contributed by atoms with Gasteiger partial charge in [0.2, 0.25) is 0 Å². The highest BCUT2D eigenvalue weighted by Crippen LogP contribution is 2.27. The lowest BCUT2D eigenvalue weighted by Gasteiger charge is -2.36. The van der Waals surface area contributed by atoms with Crippen molar-refractivity contribution in [2.45, 2.75) is 5.88 Å². The van der Waals surface area contributed by atoms with Crippen LogP contribution in [-0.4, -0.2) is 31.2 Å². The second-order valence-corrected chi connectivity index (χ2v) is 5.80. The zero-order chi connectivity index (χ0) is 13.9. The second-order valence-electron chi connectivity index (χ2n) is 4.66. The Bertz CT molecular complexity index is 568. The van der Waals surface area contributed by atoms with E-state index in [1.54, 1.807) is 17.4 Å². The molecule has 2 heterocycles. The van der Waals surface area contributed by atoms with Crippen molar-refractivity contribution >= 4 is 33.8 Å². The van der Waals surface area contributed by atoms with Crippen LogP contribution in [0.5, 0.6) is 0 Å². The van der Waals surface area contributed by atoms with Crippen LogP contribution < -0.4 is 9.80 Å². The standard InChI is InChI=1S/C14H15ClFN3S/c15-10-11-12(16)2-1-3-13(11)18-5-7-19(8-6-18)14-17-4-9-20-14/h1-4,9H,5-8,10H2. The van der Waals surface area contributed by atoms with Crippen molar-refractivity contribution in [2.24, 2.45) is 0 Å². The van der Waals surface area contributed by atoms with Gasteiger partial charge in [0.15, 0.2) is 5.13 Å². The van der Waals surface area contributed by atoms with Gasteiger partial charge in [-0.2, -0.15) is 0 Å². The Kier molecular flexibility index (Phi) is 4.08. The summed E-state index contributed by atoms with van der Waals surface area (Å²) in [7, 11) is 0. The molecule has 1 saturated heterocycles. The predicted octanol–water partition coefficient (Wildman–Crippen LogP) is 3.35. The molecule has 6 heteroatoms. The molecular weight excluding hydrogens is 297 g/mol. The molecule has 0 aliphatic carbocycles. The van der Waals surface area contributed by atoms with Crippen molar-refractivity contribution in [1.29, 1.82) is 0 Å². The lowest BCUT2D eigenvalue weighted by atomic mass is 10.1. The normalized spacial score (nSPS) is 15.7. The van der Waals surface area contributed by atoms with Gasteiger partial charge in [0.05, 0.1) is 5.88 Å². The van der Waals surface area contributed by atoms with Crippen molar-refractivity contribution in [3.8, 4) is 0 Å². The van der Waals surface area contributed by atoms with Crippen molar-refractivity contribution < 1.29 is 4.39 Å². The molecule has 3 nitrogen and oxygen atoms in total. The lowest BCUT2D eigenvalue weighted by molar-refractivity contribution is 0.609. The second kappa shape index (κ2) is 5.97. The fourth-order valence-corrected chi connectivity index (χ4v) is 3.45. The van der Waals surface area contributed by atoms with Gasteiger partial charge in [-0.15, -0.1) is 22.9 Å². The fraction of sp³-hybridized carbons (Fsp3) is 0.357. The van der Waals surface area contributed by atoms with E-state index in [1.165, 1.54) is 6.07 Å². The lowest BCUT2D eigenvalue weighted by Crippen LogP contribution is -2.46. The van der Waals surface area contributed by atoms with Gasteiger partial charge in [0, 0.05) is 49.0 Å². The van der Waals surface area contributed by atoms with Gasteiger partial charge in [0.1, 0.15) is 5.82 Å². The van der Waals surface area contributed by atoms with E-state index in [1.807, 2.05) is 17.6 Å². The third kappa shape index (κ3) is 2.60. The van der Waals surface area contributed by atoms with E-state index in [9.17, 15) is 4.39 Å². The third-order valence-corrected chi connectivity index (χ3v) is 4.64. The first-order valence-electron chi connectivity index (χ1n) is 6.52. The topological polar surface area (TPSA) is 19.4 Å². The van der Waals surface area contributed by atoms with Crippen LogP contribution in [0.3, 0.4) is 0 Å². The summed E-state index contributed by atoms with van der Waals surface area (Å²) in [5, 5.41) is 3.04. The summed E-state index contributed by atoms with van der Waals surface area (Å²) in [5.41, 5.74) is 1.51. The molecule has 0 N–H and O–H groups in total. The number of rotatable bonds is 3. The Morgan fingerprint density at radius 1 is 1.20 bits per heavy atom. The summed E-state index contributed by atoms with van der Waals surface area (Å²) < 4.78 is 13.8. The molecule has 0 radical (unpaired) electrons. The first kappa shape index (κ1) is 13.6. The van der Waals surface area contributed by atoms with Crippen LogP contribution in [-0.2, 0) is 5.88 Å². The van der Waals surface area contributed by atoms with Crippen LogP contribution in [0, 0.1) is 5.82 Å². The monoisotopic (exact) mass is 311 g/mol. The minimum absolute atomic E-state index is 0.203. The number of hydrogen-bond acceptors (Lipinski definition) is 4. The molecule has 1 aromatic heterocycles. The maximum absolute atomic E-state index is 13.8. The van der Waals surface area contributed by atoms with Gasteiger partial charge in [-0.25, -0.2) is 9.37 Å². The number of benzene rings is 1. The molecule has 0 atom stereocenters. The van der Waals surface area contributed by atoms with E-state index in [0.717, 1.165) is 37.0 Å². The highest BCUT2D eigenvalue weighted by atomic mass is 35.5. The number of thiazole rings is 1. The van der Waals surface area contributed by atoms with Crippen LogP contribution in [0.15, 0.2) is 29.8 Å². The molecule has 0 bridgehead atoms. The number of piperazine rings is 1. The number of hydrogen-bond donors (Lipinski definition) is 0. The quantitative estimate of drug-likeness (QED) is 0.810. The van der Waals surface area contributed by atoms with E-state index >= 15 is 0 Å². The Labute approximate surface area is 126 Å². The summed E-state index contributed by atoms with van der Waals surface area (Å²) >= 11 is 7.53. The average Bonchev–Trinajstić information content (AvgIpc) is 3.01. The number of aromatic nitrogens is 1. The van der Waals surface area contributed by atoms with Crippen molar-refractivity contribution in [1.82, 2.24) is 4.98 Å². The van der Waals surface area contributed by atoms with Gasteiger partial charge >= 0.3 is 0 Å². The SMILES string of the molecule is Fc1cccc(N2CCN(c3nccs3)CC2)c1CCl. The third-order valence-electron chi connectivity index (χ3n) is 3.54. The molecule has 0 saturated carbocycles. The van der Waals surface area contributed by atoms with Crippen molar-refractivity contribution in [2.75, 3.05) is 36.0 Å². The molecule has 1 fully saturated rings. The number of anilines is 2. The largest absolute Gasteiger partial charge is 0.368 e.